The van der Waals surface area contributed by atoms with E-state index in [1.807, 2.05) is 0 Å². The van der Waals surface area contributed by atoms with E-state index < -0.39 is 31.1 Å². The Morgan fingerprint density at radius 2 is 1.76 bits per heavy atom. The molecule has 0 fully saturated rings. The zero-order chi connectivity index (χ0) is 23.8. The molecule has 0 saturated carbocycles. The summed E-state index contributed by atoms with van der Waals surface area (Å²) in [6, 6.07) is 16.2. The Bertz CT molecular complexity index is 1550. The first-order valence-electron chi connectivity index (χ1n) is 9.65. The molecular weight excluding hydrogens is 448 g/mol. The number of anilines is 1. The number of fused-ring (bicyclic) bond motifs is 1. The van der Waals surface area contributed by atoms with Gasteiger partial charge < -0.3 is 4.74 Å². The molecule has 168 valence electrons. The molecule has 0 bridgehead atoms. The lowest BCUT2D eigenvalue weighted by Crippen LogP contribution is -2.22. The van der Waals surface area contributed by atoms with Crippen LogP contribution in [0.25, 0.3) is 16.6 Å². The lowest BCUT2D eigenvalue weighted by molar-refractivity contribution is -0.387. The number of hydrogen-bond acceptors (Lipinski definition) is 7. The highest BCUT2D eigenvalue weighted by molar-refractivity contribution is 7.92. The van der Waals surface area contributed by atoms with E-state index in [9.17, 15) is 23.3 Å². The first-order chi connectivity index (χ1) is 15.7. The van der Waals surface area contributed by atoms with Crippen LogP contribution >= 0.6 is 0 Å². The van der Waals surface area contributed by atoms with Gasteiger partial charge in [0.1, 0.15) is 11.6 Å². The van der Waals surface area contributed by atoms with Crippen LogP contribution in [0.3, 0.4) is 0 Å². The van der Waals surface area contributed by atoms with Crippen molar-refractivity contribution < 1.29 is 18.1 Å². The summed E-state index contributed by atoms with van der Waals surface area (Å²) in [5.74, 6) is 1.08. The van der Waals surface area contributed by atoms with Crippen LogP contribution in [0.15, 0.2) is 76.4 Å². The fraction of sp³-hybridized carbons (Fsp3) is 0.0909. The molecule has 0 atom stereocenters. The molecule has 0 saturated heterocycles. The Hall–Kier alpha value is -4.25. The third-order valence-corrected chi connectivity index (χ3v) is 6.40. The molecule has 1 N–H and O–H groups in total. The van der Waals surface area contributed by atoms with Crippen LogP contribution in [0.2, 0.25) is 0 Å². The predicted octanol–water partition coefficient (Wildman–Crippen LogP) is 3.41. The second-order valence-electron chi connectivity index (χ2n) is 7.06. The fourth-order valence-corrected chi connectivity index (χ4v) is 4.66. The largest absolute Gasteiger partial charge is 0.497 e. The maximum absolute atomic E-state index is 13.3. The monoisotopic (exact) mass is 466 g/mol. The van der Waals surface area contributed by atoms with E-state index in [2.05, 4.69) is 9.71 Å². The molecule has 10 nitrogen and oxygen atoms in total. The van der Waals surface area contributed by atoms with E-state index in [0.717, 1.165) is 12.1 Å². The summed E-state index contributed by atoms with van der Waals surface area (Å²) in [5.41, 5.74) is 0.0820. The van der Waals surface area contributed by atoms with Crippen LogP contribution in [0.5, 0.6) is 5.75 Å². The molecule has 1 heterocycles. The number of benzene rings is 3. The molecule has 11 heteroatoms. The van der Waals surface area contributed by atoms with Gasteiger partial charge >= 0.3 is 0 Å². The highest BCUT2D eigenvalue weighted by atomic mass is 32.2. The summed E-state index contributed by atoms with van der Waals surface area (Å²) in [6.45, 7) is 1.69. The number of ether oxygens (including phenoxy) is 1. The Balaban J connectivity index is 1.80. The third-order valence-electron chi connectivity index (χ3n) is 4.97. The lowest BCUT2D eigenvalue weighted by atomic mass is 10.2. The Morgan fingerprint density at radius 3 is 2.42 bits per heavy atom. The van der Waals surface area contributed by atoms with Crippen molar-refractivity contribution in [3.05, 3.63) is 93.0 Å². The summed E-state index contributed by atoms with van der Waals surface area (Å²) in [4.78, 5) is 27.7. The van der Waals surface area contributed by atoms with Crippen molar-refractivity contribution in [3.8, 4) is 11.4 Å². The van der Waals surface area contributed by atoms with Crippen LogP contribution in [0, 0.1) is 17.0 Å². The minimum absolute atomic E-state index is 0.0738. The van der Waals surface area contributed by atoms with Gasteiger partial charge in [-0.2, -0.15) is 0 Å². The van der Waals surface area contributed by atoms with E-state index >= 15 is 0 Å². The van der Waals surface area contributed by atoms with Crippen molar-refractivity contribution in [1.29, 1.82) is 0 Å². The van der Waals surface area contributed by atoms with Gasteiger partial charge in [0.15, 0.2) is 4.90 Å². The molecule has 0 aliphatic heterocycles. The molecule has 0 aliphatic rings. The molecule has 1 aromatic heterocycles. The average Bonchev–Trinajstić information content (AvgIpc) is 2.80. The lowest BCUT2D eigenvalue weighted by Gasteiger charge is -2.13. The third kappa shape index (κ3) is 4.13. The summed E-state index contributed by atoms with van der Waals surface area (Å²) < 4.78 is 34.5. The molecule has 0 aliphatic carbocycles. The highest BCUT2D eigenvalue weighted by Gasteiger charge is 2.25. The minimum Gasteiger partial charge on any atom is -0.497 e. The first-order valence-corrected chi connectivity index (χ1v) is 11.1. The number of aryl methyl sites for hydroxylation is 1. The van der Waals surface area contributed by atoms with Crippen molar-refractivity contribution in [2.45, 2.75) is 11.8 Å². The highest BCUT2D eigenvalue weighted by Crippen LogP contribution is 2.26. The summed E-state index contributed by atoms with van der Waals surface area (Å²) >= 11 is 0. The smallest absolute Gasteiger partial charge is 0.289 e. The zero-order valence-corrected chi connectivity index (χ0v) is 18.4. The topological polar surface area (TPSA) is 133 Å². The molecule has 0 spiro atoms. The second kappa shape index (κ2) is 8.36. The summed E-state index contributed by atoms with van der Waals surface area (Å²) in [7, 11) is -2.75. The number of methoxy groups -OCH3 is 1. The van der Waals surface area contributed by atoms with Gasteiger partial charge in [0.05, 0.1) is 28.6 Å². The second-order valence-corrected chi connectivity index (χ2v) is 8.71. The van der Waals surface area contributed by atoms with E-state index in [4.69, 9.17) is 4.74 Å². The Labute approximate surface area is 188 Å². The van der Waals surface area contributed by atoms with Crippen LogP contribution in [0.4, 0.5) is 11.4 Å². The molecule has 0 amide bonds. The summed E-state index contributed by atoms with van der Waals surface area (Å²) in [5, 5.41) is 11.4. The number of hydrogen-bond donors (Lipinski definition) is 1. The van der Waals surface area contributed by atoms with Gasteiger partial charge in [0.25, 0.3) is 21.3 Å². The van der Waals surface area contributed by atoms with Crippen molar-refractivity contribution in [3.63, 3.8) is 0 Å². The van der Waals surface area contributed by atoms with Gasteiger partial charge in [-0.05, 0) is 55.5 Å². The van der Waals surface area contributed by atoms with Crippen LogP contribution in [0.1, 0.15) is 5.82 Å². The molecule has 3 aromatic carbocycles. The number of sulfonamides is 1. The Morgan fingerprint density at radius 1 is 1.06 bits per heavy atom. The zero-order valence-electron chi connectivity index (χ0n) is 17.6. The van der Waals surface area contributed by atoms with Gasteiger partial charge in [-0.3, -0.25) is 24.2 Å². The fourth-order valence-electron chi connectivity index (χ4n) is 3.44. The van der Waals surface area contributed by atoms with E-state index in [0.29, 0.717) is 22.8 Å². The van der Waals surface area contributed by atoms with Crippen molar-refractivity contribution in [1.82, 2.24) is 9.55 Å². The number of nitro groups is 1. The SMILES string of the molecule is COc1ccc(-n2c(C)nc3ccc(NS(=O)(=O)c4ccccc4[N+](=O)[O-])cc3c2=O)cc1. The quantitative estimate of drug-likeness (QED) is 0.340. The molecule has 4 aromatic rings. The van der Waals surface area contributed by atoms with Crippen LogP contribution < -0.4 is 15.0 Å². The maximum Gasteiger partial charge on any atom is 0.289 e. The van der Waals surface area contributed by atoms with E-state index in [1.165, 1.54) is 42.0 Å². The molecule has 0 unspecified atom stereocenters. The summed E-state index contributed by atoms with van der Waals surface area (Å²) in [6.07, 6.45) is 0. The first kappa shape index (κ1) is 22.0. The number of rotatable bonds is 6. The Kier molecular flexibility index (Phi) is 5.56. The van der Waals surface area contributed by atoms with Gasteiger partial charge in [0, 0.05) is 11.8 Å². The molecule has 4 rings (SSSR count). The average molecular weight is 466 g/mol. The number of para-hydroxylation sites is 1. The number of nitrogens with zero attached hydrogens (tertiary/aromatic N) is 3. The molecule has 33 heavy (non-hydrogen) atoms. The van der Waals surface area contributed by atoms with Crippen molar-refractivity contribution in [2.75, 3.05) is 11.8 Å². The molecule has 0 radical (unpaired) electrons. The van der Waals surface area contributed by atoms with Crippen LogP contribution in [-0.2, 0) is 10.0 Å². The van der Waals surface area contributed by atoms with Gasteiger partial charge in [-0.1, -0.05) is 12.1 Å². The van der Waals surface area contributed by atoms with Crippen molar-refractivity contribution >= 4 is 32.3 Å². The normalized spacial score (nSPS) is 11.3. The van der Waals surface area contributed by atoms with Crippen LogP contribution in [-0.4, -0.2) is 30.0 Å². The van der Waals surface area contributed by atoms with Gasteiger partial charge in [0.2, 0.25) is 0 Å². The van der Waals surface area contributed by atoms with Gasteiger partial charge in [-0.25, -0.2) is 13.4 Å². The number of nitrogens with one attached hydrogen (secondary N) is 1. The minimum atomic E-state index is -4.28. The maximum atomic E-state index is 13.3. The number of nitro benzene ring substituents is 1. The van der Waals surface area contributed by atoms with E-state index in [1.54, 1.807) is 31.2 Å². The number of aromatic nitrogens is 2. The predicted molar refractivity (Wildman–Crippen MR) is 123 cm³/mol. The molecular formula is C22H18N4O6S. The standard InChI is InChI=1S/C22H18N4O6S/c1-14-23-19-12-7-15(24-33(30,31)21-6-4-3-5-20(21)26(28)29)13-18(19)22(27)25(14)16-8-10-17(32-2)11-9-16/h3-13,24H,1-2H3. The van der Waals surface area contributed by atoms with Crippen molar-refractivity contribution in [2.24, 2.45) is 0 Å². The van der Waals surface area contributed by atoms with E-state index in [-0.39, 0.29) is 11.1 Å². The van der Waals surface area contributed by atoms with Gasteiger partial charge in [-0.15, -0.1) is 0 Å².